The lowest BCUT2D eigenvalue weighted by Gasteiger charge is -2.31. The van der Waals surface area contributed by atoms with Crippen LogP contribution in [0.15, 0.2) is 78.9 Å². The van der Waals surface area contributed by atoms with Gasteiger partial charge in [0.05, 0.1) is 6.61 Å². The SMILES string of the molecule is Cc1ccc(N2CCN(c3ccc(C)cc3)P2OCCNC(=S)Nc2ccccc2)cc1. The first-order chi connectivity index (χ1) is 15.6. The highest BCUT2D eigenvalue weighted by Gasteiger charge is 2.34. The summed E-state index contributed by atoms with van der Waals surface area (Å²) in [6.45, 7) is 7.30. The molecule has 0 saturated carbocycles. The highest BCUT2D eigenvalue weighted by molar-refractivity contribution is 7.80. The van der Waals surface area contributed by atoms with Crippen molar-refractivity contribution < 1.29 is 4.52 Å². The molecule has 1 saturated heterocycles. The van der Waals surface area contributed by atoms with E-state index in [2.05, 4.69) is 82.4 Å². The number of hydrogen-bond donors (Lipinski definition) is 2. The maximum Gasteiger partial charge on any atom is 0.248 e. The second-order valence-corrected chi connectivity index (χ2v) is 9.89. The van der Waals surface area contributed by atoms with Gasteiger partial charge in [-0.1, -0.05) is 53.6 Å². The van der Waals surface area contributed by atoms with Crippen molar-refractivity contribution >= 4 is 42.8 Å². The molecule has 7 heteroatoms. The van der Waals surface area contributed by atoms with Crippen molar-refractivity contribution in [2.24, 2.45) is 0 Å². The second kappa shape index (κ2) is 10.8. The Bertz CT molecular complexity index is 961. The van der Waals surface area contributed by atoms with Crippen LogP contribution in [0.2, 0.25) is 0 Å². The van der Waals surface area contributed by atoms with Gasteiger partial charge in [-0.05, 0) is 62.5 Å². The van der Waals surface area contributed by atoms with Gasteiger partial charge in [-0.3, -0.25) is 0 Å². The molecule has 0 amide bonds. The molecule has 0 unspecified atom stereocenters. The molecular formula is C25H29N4OPS. The fraction of sp³-hybridized carbons (Fsp3) is 0.240. The molecule has 166 valence electrons. The van der Waals surface area contributed by atoms with Crippen molar-refractivity contribution in [2.75, 3.05) is 40.9 Å². The van der Waals surface area contributed by atoms with Crippen LogP contribution in [0.3, 0.4) is 0 Å². The average molecular weight is 465 g/mol. The highest BCUT2D eigenvalue weighted by Crippen LogP contribution is 2.53. The van der Waals surface area contributed by atoms with E-state index in [1.165, 1.54) is 22.5 Å². The molecule has 3 aromatic carbocycles. The van der Waals surface area contributed by atoms with Gasteiger partial charge >= 0.3 is 0 Å². The van der Waals surface area contributed by atoms with Crippen molar-refractivity contribution in [2.45, 2.75) is 13.8 Å². The molecule has 0 bridgehead atoms. The van der Waals surface area contributed by atoms with Crippen molar-refractivity contribution in [1.29, 1.82) is 0 Å². The highest BCUT2D eigenvalue weighted by atomic mass is 32.1. The second-order valence-electron chi connectivity index (χ2n) is 7.75. The molecule has 1 aliphatic heterocycles. The van der Waals surface area contributed by atoms with Gasteiger partial charge in [0.25, 0.3) is 0 Å². The molecule has 5 nitrogen and oxygen atoms in total. The summed E-state index contributed by atoms with van der Waals surface area (Å²) in [6.07, 6.45) is 0. The van der Waals surface area contributed by atoms with Gasteiger partial charge in [0.1, 0.15) is 0 Å². The van der Waals surface area contributed by atoms with E-state index in [0.29, 0.717) is 18.3 Å². The third kappa shape index (κ3) is 5.77. The Morgan fingerprint density at radius 2 is 1.38 bits per heavy atom. The minimum absolute atomic E-state index is 0.563. The standard InChI is InChI=1S/C25H29N4OPS/c1-20-8-12-23(13-9-20)28-17-18-29(24-14-10-21(2)11-15-24)31(28)30-19-16-26-25(32)27-22-6-4-3-5-7-22/h3-15H,16-19H2,1-2H3,(H2,26,27,32). The van der Waals surface area contributed by atoms with E-state index in [1.54, 1.807) is 0 Å². The maximum absolute atomic E-state index is 6.46. The van der Waals surface area contributed by atoms with Gasteiger partial charge in [-0.2, -0.15) is 0 Å². The van der Waals surface area contributed by atoms with Gasteiger partial charge < -0.3 is 24.5 Å². The molecule has 1 aliphatic rings. The quantitative estimate of drug-likeness (QED) is 0.259. The Morgan fingerprint density at radius 3 is 1.91 bits per heavy atom. The van der Waals surface area contributed by atoms with E-state index < -0.39 is 8.45 Å². The monoisotopic (exact) mass is 464 g/mol. The van der Waals surface area contributed by atoms with Gasteiger partial charge in [-0.25, -0.2) is 0 Å². The number of thiocarbonyl (C=S) groups is 1. The summed E-state index contributed by atoms with van der Waals surface area (Å²) in [4.78, 5) is 0. The molecule has 3 aromatic rings. The van der Waals surface area contributed by atoms with Crippen LogP contribution in [0.5, 0.6) is 0 Å². The summed E-state index contributed by atoms with van der Waals surface area (Å²) in [6, 6.07) is 27.3. The summed E-state index contributed by atoms with van der Waals surface area (Å²) in [5.41, 5.74) is 5.90. The Labute approximate surface area is 197 Å². The fourth-order valence-corrected chi connectivity index (χ4v) is 5.71. The predicted octanol–water partition coefficient (Wildman–Crippen LogP) is 5.86. The first-order valence-electron chi connectivity index (χ1n) is 10.8. The lowest BCUT2D eigenvalue weighted by atomic mass is 10.2. The molecule has 1 fully saturated rings. The molecule has 4 rings (SSSR count). The van der Waals surface area contributed by atoms with Crippen LogP contribution < -0.4 is 20.0 Å². The van der Waals surface area contributed by atoms with Crippen molar-refractivity contribution in [3.8, 4) is 0 Å². The number of rotatable bonds is 7. The minimum atomic E-state index is -0.960. The fourth-order valence-electron chi connectivity index (χ4n) is 3.51. The molecule has 32 heavy (non-hydrogen) atoms. The average Bonchev–Trinajstić information content (AvgIpc) is 3.22. The van der Waals surface area contributed by atoms with Crippen LogP contribution in [0.25, 0.3) is 0 Å². The number of aryl methyl sites for hydroxylation is 2. The molecule has 0 atom stereocenters. The number of anilines is 3. The summed E-state index contributed by atoms with van der Waals surface area (Å²) < 4.78 is 11.2. The third-order valence-corrected chi connectivity index (χ3v) is 7.57. The van der Waals surface area contributed by atoms with Crippen LogP contribution in [0.4, 0.5) is 17.1 Å². The summed E-state index contributed by atoms with van der Waals surface area (Å²) in [7, 11) is -0.960. The zero-order valence-corrected chi connectivity index (χ0v) is 20.2. The molecule has 0 aromatic heterocycles. The molecule has 0 aliphatic carbocycles. The smallest absolute Gasteiger partial charge is 0.248 e. The predicted molar refractivity (Wildman–Crippen MR) is 141 cm³/mol. The Balaban J connectivity index is 1.39. The van der Waals surface area contributed by atoms with E-state index >= 15 is 0 Å². The van der Waals surface area contributed by atoms with Crippen LogP contribution in [0, 0.1) is 13.8 Å². The lowest BCUT2D eigenvalue weighted by molar-refractivity contribution is 0.357. The Morgan fingerprint density at radius 1 is 0.844 bits per heavy atom. The Hall–Kier alpha value is -2.66. The van der Waals surface area contributed by atoms with Crippen LogP contribution in [0.1, 0.15) is 11.1 Å². The third-order valence-electron chi connectivity index (χ3n) is 5.23. The minimum Gasteiger partial charge on any atom is -0.360 e. The van der Waals surface area contributed by atoms with E-state index in [4.69, 9.17) is 16.7 Å². The summed E-state index contributed by atoms with van der Waals surface area (Å²) >= 11 is 5.41. The van der Waals surface area contributed by atoms with Crippen molar-refractivity contribution in [1.82, 2.24) is 5.32 Å². The van der Waals surface area contributed by atoms with Crippen molar-refractivity contribution in [3.63, 3.8) is 0 Å². The summed E-state index contributed by atoms with van der Waals surface area (Å²) in [5.74, 6) is 0. The zero-order chi connectivity index (χ0) is 22.3. The maximum atomic E-state index is 6.46. The number of para-hydroxylation sites is 1. The normalized spacial score (nSPS) is 13.9. The topological polar surface area (TPSA) is 39.8 Å². The van der Waals surface area contributed by atoms with E-state index in [9.17, 15) is 0 Å². The van der Waals surface area contributed by atoms with Crippen molar-refractivity contribution in [3.05, 3.63) is 90.0 Å². The lowest BCUT2D eigenvalue weighted by Crippen LogP contribution is -2.31. The van der Waals surface area contributed by atoms with E-state index in [0.717, 1.165) is 18.8 Å². The van der Waals surface area contributed by atoms with Gasteiger partial charge in [-0.15, -0.1) is 0 Å². The Kier molecular flexibility index (Phi) is 7.59. The zero-order valence-electron chi connectivity index (χ0n) is 18.5. The number of hydrogen-bond acceptors (Lipinski definition) is 4. The largest absolute Gasteiger partial charge is 0.360 e. The first-order valence-corrected chi connectivity index (χ1v) is 12.4. The molecule has 2 N–H and O–H groups in total. The number of nitrogens with one attached hydrogen (secondary N) is 2. The van der Waals surface area contributed by atoms with Crippen LogP contribution in [-0.2, 0) is 4.52 Å². The first kappa shape index (κ1) is 22.5. The number of benzene rings is 3. The van der Waals surface area contributed by atoms with Crippen LogP contribution in [-0.4, -0.2) is 31.4 Å². The van der Waals surface area contributed by atoms with Gasteiger partial charge in [0, 0.05) is 36.7 Å². The molecule has 1 heterocycles. The van der Waals surface area contributed by atoms with E-state index in [-0.39, 0.29) is 0 Å². The summed E-state index contributed by atoms with van der Waals surface area (Å²) in [5, 5.41) is 7.05. The van der Waals surface area contributed by atoms with Gasteiger partial charge in [0.15, 0.2) is 5.11 Å². The molecule has 0 spiro atoms. The number of nitrogens with zero attached hydrogens (tertiary/aromatic N) is 2. The van der Waals surface area contributed by atoms with Gasteiger partial charge in [0.2, 0.25) is 8.45 Å². The van der Waals surface area contributed by atoms with E-state index in [1.807, 2.05) is 30.3 Å². The van der Waals surface area contributed by atoms with Crippen LogP contribution >= 0.6 is 20.7 Å². The molecular weight excluding hydrogens is 435 g/mol. The molecule has 0 radical (unpaired) electrons.